The number of carbonyl (C=O) groups is 1. The fourth-order valence-corrected chi connectivity index (χ4v) is 2.63. The lowest BCUT2D eigenvalue weighted by Gasteiger charge is -2.30. The van der Waals surface area contributed by atoms with Crippen molar-refractivity contribution >= 4 is 17.6 Å². The van der Waals surface area contributed by atoms with Gasteiger partial charge in [-0.2, -0.15) is 0 Å². The lowest BCUT2D eigenvalue weighted by atomic mass is 9.95. The number of hydrogen-bond donors (Lipinski definition) is 2. The molecule has 1 atom stereocenters. The van der Waals surface area contributed by atoms with Gasteiger partial charge in [-0.05, 0) is 37.5 Å². The predicted molar refractivity (Wildman–Crippen MR) is 86.2 cm³/mol. The number of benzene rings is 1. The molecule has 1 aliphatic rings. The smallest absolute Gasteiger partial charge is 0.315 e. The van der Waals surface area contributed by atoms with Crippen molar-refractivity contribution in [1.29, 1.82) is 0 Å². The van der Waals surface area contributed by atoms with Crippen molar-refractivity contribution in [2.45, 2.75) is 31.4 Å². The molecule has 6 heteroatoms. The van der Waals surface area contributed by atoms with E-state index in [2.05, 4.69) is 10.6 Å². The van der Waals surface area contributed by atoms with Gasteiger partial charge in [0.1, 0.15) is 5.60 Å². The largest absolute Gasteiger partial charge is 0.381 e. The molecule has 122 valence electrons. The number of rotatable bonds is 5. The maximum atomic E-state index is 12.0. The Morgan fingerprint density at radius 1 is 1.45 bits per heavy atom. The minimum absolute atomic E-state index is 0.175. The molecule has 22 heavy (non-hydrogen) atoms. The van der Waals surface area contributed by atoms with Gasteiger partial charge in [-0.25, -0.2) is 4.79 Å². The van der Waals surface area contributed by atoms with Crippen molar-refractivity contribution in [2.75, 3.05) is 26.9 Å². The zero-order valence-corrected chi connectivity index (χ0v) is 13.8. The molecule has 0 saturated carbocycles. The first-order chi connectivity index (χ1) is 10.5. The summed E-state index contributed by atoms with van der Waals surface area (Å²) >= 11 is 6.03. The quantitative estimate of drug-likeness (QED) is 0.874. The number of methoxy groups -OCH3 is 1. The highest BCUT2D eigenvalue weighted by atomic mass is 35.5. The van der Waals surface area contributed by atoms with Gasteiger partial charge < -0.3 is 20.1 Å². The van der Waals surface area contributed by atoms with Gasteiger partial charge >= 0.3 is 6.03 Å². The molecule has 2 N–H and O–H groups in total. The molecule has 1 aromatic rings. The zero-order valence-electron chi connectivity index (χ0n) is 13.0. The van der Waals surface area contributed by atoms with Gasteiger partial charge in [0.15, 0.2) is 0 Å². The van der Waals surface area contributed by atoms with Crippen LogP contribution in [0.25, 0.3) is 0 Å². The lowest BCUT2D eigenvalue weighted by molar-refractivity contribution is 0.00464. The average molecular weight is 327 g/mol. The first kappa shape index (κ1) is 17.1. The fraction of sp³-hybridized carbons (Fsp3) is 0.562. The summed E-state index contributed by atoms with van der Waals surface area (Å²) in [7, 11) is 1.62. The minimum Gasteiger partial charge on any atom is -0.381 e. The van der Waals surface area contributed by atoms with Crippen molar-refractivity contribution in [3.05, 3.63) is 34.9 Å². The highest BCUT2D eigenvalue weighted by molar-refractivity contribution is 6.30. The van der Waals surface area contributed by atoms with E-state index in [0.717, 1.165) is 18.4 Å². The van der Waals surface area contributed by atoms with Gasteiger partial charge in [0, 0.05) is 31.4 Å². The van der Waals surface area contributed by atoms with Gasteiger partial charge in [-0.1, -0.05) is 23.7 Å². The molecule has 2 rings (SSSR count). The molecule has 1 aliphatic heterocycles. The summed E-state index contributed by atoms with van der Waals surface area (Å²) in [5, 5.41) is 6.49. The van der Waals surface area contributed by atoms with E-state index in [4.69, 9.17) is 21.1 Å². The van der Waals surface area contributed by atoms with Crippen LogP contribution in [0.2, 0.25) is 5.02 Å². The molecule has 1 unspecified atom stereocenters. The maximum absolute atomic E-state index is 12.0. The van der Waals surface area contributed by atoms with Crippen molar-refractivity contribution in [1.82, 2.24) is 10.6 Å². The van der Waals surface area contributed by atoms with Crippen molar-refractivity contribution in [3.8, 4) is 0 Å². The molecular formula is C16H23ClN2O3. The summed E-state index contributed by atoms with van der Waals surface area (Å²) in [5.41, 5.74) is 0.298. The van der Waals surface area contributed by atoms with Gasteiger partial charge in [0.25, 0.3) is 0 Å². The maximum Gasteiger partial charge on any atom is 0.315 e. The van der Waals surface area contributed by atoms with Gasteiger partial charge in [0.05, 0.1) is 6.54 Å². The number of hydrogen-bond acceptors (Lipinski definition) is 3. The van der Waals surface area contributed by atoms with Crippen LogP contribution in [0.5, 0.6) is 0 Å². The Morgan fingerprint density at radius 2 is 2.18 bits per heavy atom. The number of halogens is 1. The SMILES string of the molecule is COC(C)(CNC(=O)NC1CCOCC1)c1cccc(Cl)c1. The fourth-order valence-electron chi connectivity index (χ4n) is 2.44. The molecule has 1 heterocycles. The van der Waals surface area contributed by atoms with E-state index < -0.39 is 5.60 Å². The van der Waals surface area contributed by atoms with E-state index in [1.165, 1.54) is 0 Å². The Labute approximate surface area is 136 Å². The molecule has 1 aromatic carbocycles. The molecule has 1 saturated heterocycles. The third-order valence-electron chi connectivity index (χ3n) is 4.03. The first-order valence-corrected chi connectivity index (χ1v) is 7.84. The highest BCUT2D eigenvalue weighted by Gasteiger charge is 2.27. The Bertz CT molecular complexity index is 506. The molecule has 0 radical (unpaired) electrons. The van der Waals surface area contributed by atoms with E-state index in [9.17, 15) is 4.79 Å². The second-order valence-corrected chi connectivity index (χ2v) is 6.10. The van der Waals surface area contributed by atoms with Crippen LogP contribution in [0, 0.1) is 0 Å². The molecule has 0 aliphatic carbocycles. The number of nitrogens with one attached hydrogen (secondary N) is 2. The van der Waals surface area contributed by atoms with E-state index in [0.29, 0.717) is 24.8 Å². The molecule has 0 aromatic heterocycles. The van der Waals surface area contributed by atoms with Crippen LogP contribution in [0.3, 0.4) is 0 Å². The van der Waals surface area contributed by atoms with E-state index in [1.54, 1.807) is 7.11 Å². The zero-order chi connectivity index (χ0) is 16.0. The Balaban J connectivity index is 1.90. The van der Waals surface area contributed by atoms with Crippen LogP contribution < -0.4 is 10.6 Å². The van der Waals surface area contributed by atoms with Crippen molar-refractivity contribution in [2.24, 2.45) is 0 Å². The van der Waals surface area contributed by atoms with Crippen LogP contribution >= 0.6 is 11.6 Å². The van der Waals surface area contributed by atoms with Crippen LogP contribution in [0.1, 0.15) is 25.3 Å². The summed E-state index contributed by atoms with van der Waals surface area (Å²) in [6, 6.07) is 7.46. The standard InChI is InChI=1S/C16H23ClN2O3/c1-16(21-2,12-4-3-5-13(17)10-12)11-18-15(20)19-14-6-8-22-9-7-14/h3-5,10,14H,6-9,11H2,1-2H3,(H2,18,19,20). The minimum atomic E-state index is -0.627. The van der Waals surface area contributed by atoms with Gasteiger partial charge in [-0.3, -0.25) is 0 Å². The predicted octanol–water partition coefficient (Wildman–Crippen LogP) is 2.68. The van der Waals surface area contributed by atoms with E-state index in [-0.39, 0.29) is 12.1 Å². The molecule has 0 spiro atoms. The monoisotopic (exact) mass is 326 g/mol. The van der Waals surface area contributed by atoms with Crippen LogP contribution in [-0.2, 0) is 15.1 Å². The number of carbonyl (C=O) groups excluding carboxylic acids is 1. The van der Waals surface area contributed by atoms with Crippen molar-refractivity contribution < 1.29 is 14.3 Å². The lowest BCUT2D eigenvalue weighted by Crippen LogP contribution is -2.48. The summed E-state index contributed by atoms with van der Waals surface area (Å²) in [6.45, 7) is 3.68. The van der Waals surface area contributed by atoms with Crippen LogP contribution in [0.15, 0.2) is 24.3 Å². The number of ether oxygens (including phenoxy) is 2. The van der Waals surface area contributed by atoms with E-state index >= 15 is 0 Å². The number of amides is 2. The van der Waals surface area contributed by atoms with Crippen LogP contribution in [0.4, 0.5) is 4.79 Å². The summed E-state index contributed by atoms with van der Waals surface area (Å²) in [6.07, 6.45) is 1.70. The first-order valence-electron chi connectivity index (χ1n) is 7.47. The molecule has 5 nitrogen and oxygen atoms in total. The molecule has 2 amide bonds. The normalized spacial score (nSPS) is 18.5. The second kappa shape index (κ2) is 7.81. The highest BCUT2D eigenvalue weighted by Crippen LogP contribution is 2.26. The number of urea groups is 1. The van der Waals surface area contributed by atoms with Gasteiger partial charge in [0.2, 0.25) is 0 Å². The Hall–Kier alpha value is -1.30. The Kier molecular flexibility index (Phi) is 6.06. The summed E-state index contributed by atoms with van der Waals surface area (Å²) < 4.78 is 10.9. The summed E-state index contributed by atoms with van der Waals surface area (Å²) in [4.78, 5) is 12.0. The average Bonchev–Trinajstić information content (AvgIpc) is 2.53. The second-order valence-electron chi connectivity index (χ2n) is 5.66. The topological polar surface area (TPSA) is 59.6 Å². The third kappa shape index (κ3) is 4.60. The third-order valence-corrected chi connectivity index (χ3v) is 4.26. The molecule has 0 bridgehead atoms. The summed E-state index contributed by atoms with van der Waals surface area (Å²) in [5.74, 6) is 0. The van der Waals surface area contributed by atoms with E-state index in [1.807, 2.05) is 31.2 Å². The molecular weight excluding hydrogens is 304 g/mol. The molecule has 1 fully saturated rings. The van der Waals surface area contributed by atoms with Crippen LogP contribution in [-0.4, -0.2) is 38.9 Å². The van der Waals surface area contributed by atoms with Crippen molar-refractivity contribution in [3.63, 3.8) is 0 Å². The van der Waals surface area contributed by atoms with Gasteiger partial charge in [-0.15, -0.1) is 0 Å². The Morgan fingerprint density at radius 3 is 2.82 bits per heavy atom.